The number of hydrogen-bond acceptors (Lipinski definition) is 5. The van der Waals surface area contributed by atoms with E-state index in [1.165, 1.54) is 0 Å². The van der Waals surface area contributed by atoms with Crippen LogP contribution in [-0.2, 0) is 17.6 Å². The minimum Gasteiger partial charge on any atom is -0.490 e. The van der Waals surface area contributed by atoms with Crippen LogP contribution in [0.25, 0.3) is 0 Å². The highest BCUT2D eigenvalue weighted by atomic mass is 16.5. The van der Waals surface area contributed by atoms with Crippen LogP contribution in [0.5, 0.6) is 5.75 Å². The second-order valence-electron chi connectivity index (χ2n) is 7.26. The molecule has 3 N–H and O–H groups in total. The van der Waals surface area contributed by atoms with Gasteiger partial charge in [-0.1, -0.05) is 31.2 Å². The van der Waals surface area contributed by atoms with Crippen molar-refractivity contribution < 1.29 is 19.4 Å². The molecule has 6 nitrogen and oxygen atoms in total. The number of aliphatic hydroxyl groups is 1. The molecule has 0 aliphatic carbocycles. The quantitative estimate of drug-likeness (QED) is 0.402. The highest BCUT2D eigenvalue weighted by Gasteiger charge is 2.21. The lowest BCUT2D eigenvalue weighted by Gasteiger charge is -2.15. The lowest BCUT2D eigenvalue weighted by Crippen LogP contribution is -2.32. The largest absolute Gasteiger partial charge is 0.490 e. The number of rotatable bonds is 11. The highest BCUT2D eigenvalue weighted by molar-refractivity contribution is 6.00. The first-order valence-corrected chi connectivity index (χ1v) is 10.1. The molecule has 0 radical (unpaired) electrons. The highest BCUT2D eigenvalue weighted by Crippen LogP contribution is 2.28. The minimum absolute atomic E-state index is 0.00972. The van der Waals surface area contributed by atoms with Crippen molar-refractivity contribution in [2.24, 2.45) is 0 Å². The number of Topliss-reactive ketones (excluding diaryl/α,β-unsaturated/α-hetero) is 1. The van der Waals surface area contributed by atoms with Crippen molar-refractivity contribution in [2.75, 3.05) is 25.0 Å². The molecular formula is C23H28N2O4. The van der Waals surface area contributed by atoms with E-state index in [9.17, 15) is 14.7 Å². The number of anilines is 1. The van der Waals surface area contributed by atoms with E-state index in [1.54, 1.807) is 12.1 Å². The normalized spacial score (nSPS) is 13.7. The molecule has 154 valence electrons. The molecule has 1 amide bonds. The summed E-state index contributed by atoms with van der Waals surface area (Å²) < 4.78 is 5.73. The number of fused-ring (bicyclic) bond motifs is 1. The van der Waals surface area contributed by atoms with Crippen LogP contribution in [0.15, 0.2) is 42.5 Å². The molecule has 0 spiro atoms. The summed E-state index contributed by atoms with van der Waals surface area (Å²) in [5.74, 6) is 0.459. The van der Waals surface area contributed by atoms with Crippen LogP contribution in [0.2, 0.25) is 0 Å². The van der Waals surface area contributed by atoms with E-state index >= 15 is 0 Å². The van der Waals surface area contributed by atoms with E-state index in [1.807, 2.05) is 30.3 Å². The summed E-state index contributed by atoms with van der Waals surface area (Å²) >= 11 is 0. The molecule has 0 aromatic heterocycles. The Morgan fingerprint density at radius 2 is 2.07 bits per heavy atom. The van der Waals surface area contributed by atoms with Gasteiger partial charge < -0.3 is 20.5 Å². The van der Waals surface area contributed by atoms with Gasteiger partial charge in [-0.3, -0.25) is 9.59 Å². The van der Waals surface area contributed by atoms with Crippen LogP contribution < -0.4 is 15.4 Å². The fraction of sp³-hybridized carbons (Fsp3) is 0.391. The van der Waals surface area contributed by atoms with Crippen molar-refractivity contribution in [3.8, 4) is 5.75 Å². The van der Waals surface area contributed by atoms with E-state index in [2.05, 4.69) is 17.6 Å². The zero-order valence-electron chi connectivity index (χ0n) is 16.7. The van der Waals surface area contributed by atoms with Gasteiger partial charge in [0, 0.05) is 18.7 Å². The van der Waals surface area contributed by atoms with Gasteiger partial charge in [0.1, 0.15) is 18.5 Å². The summed E-state index contributed by atoms with van der Waals surface area (Å²) in [7, 11) is 0. The van der Waals surface area contributed by atoms with Gasteiger partial charge in [0.05, 0.1) is 12.0 Å². The lowest BCUT2D eigenvalue weighted by atomic mass is 9.97. The third kappa shape index (κ3) is 5.65. The van der Waals surface area contributed by atoms with Crippen molar-refractivity contribution in [1.29, 1.82) is 0 Å². The molecule has 0 saturated carbocycles. The first kappa shape index (κ1) is 21.0. The summed E-state index contributed by atoms with van der Waals surface area (Å²) in [6.45, 7) is 3.49. The molecule has 1 aliphatic heterocycles. The van der Waals surface area contributed by atoms with Gasteiger partial charge >= 0.3 is 0 Å². The number of ether oxygens (including phenoxy) is 1. The minimum atomic E-state index is -0.637. The number of aryl methyl sites for hydroxylation is 1. The molecule has 2 aromatic rings. The van der Waals surface area contributed by atoms with Gasteiger partial charge in [-0.05, 0) is 48.7 Å². The van der Waals surface area contributed by atoms with E-state index in [-0.39, 0.29) is 18.3 Å². The van der Waals surface area contributed by atoms with Crippen LogP contribution in [-0.4, -0.2) is 42.6 Å². The second kappa shape index (κ2) is 10.2. The van der Waals surface area contributed by atoms with Crippen molar-refractivity contribution in [3.63, 3.8) is 0 Å². The average molecular weight is 396 g/mol. The molecular weight excluding hydrogens is 368 g/mol. The number of hydrogen-bond donors (Lipinski definition) is 3. The summed E-state index contributed by atoms with van der Waals surface area (Å²) in [6, 6.07) is 12.9. The average Bonchev–Trinajstić information content (AvgIpc) is 3.11. The fourth-order valence-electron chi connectivity index (χ4n) is 3.45. The van der Waals surface area contributed by atoms with Crippen LogP contribution in [0.1, 0.15) is 41.3 Å². The first-order chi connectivity index (χ1) is 14.1. The monoisotopic (exact) mass is 396 g/mol. The SMILES string of the molecule is CCCNCC(O)COc1ccccc1C(=O)CCc1cccc2c1CC(=O)N2. The Morgan fingerprint density at radius 1 is 1.24 bits per heavy atom. The zero-order chi connectivity index (χ0) is 20.6. The Balaban J connectivity index is 1.59. The Labute approximate surface area is 171 Å². The molecule has 2 aromatic carbocycles. The van der Waals surface area contributed by atoms with Crippen LogP contribution in [0.4, 0.5) is 5.69 Å². The molecule has 1 heterocycles. The van der Waals surface area contributed by atoms with Crippen molar-refractivity contribution in [2.45, 2.75) is 38.7 Å². The Bertz CT molecular complexity index is 866. The second-order valence-corrected chi connectivity index (χ2v) is 7.26. The van der Waals surface area contributed by atoms with E-state index in [0.717, 1.165) is 29.8 Å². The number of carbonyl (C=O) groups excluding carboxylic acids is 2. The van der Waals surface area contributed by atoms with Crippen molar-refractivity contribution >= 4 is 17.4 Å². The summed E-state index contributed by atoms with van der Waals surface area (Å²) in [6.07, 6.45) is 1.62. The molecule has 29 heavy (non-hydrogen) atoms. The van der Waals surface area contributed by atoms with Crippen LogP contribution >= 0.6 is 0 Å². The van der Waals surface area contributed by atoms with Gasteiger partial charge in [-0.15, -0.1) is 0 Å². The number of amides is 1. The predicted octanol–water partition coefficient (Wildman–Crippen LogP) is 2.74. The standard InChI is InChI=1S/C23H28N2O4/c1-2-12-24-14-17(26)15-29-22-9-4-3-7-18(22)21(27)11-10-16-6-5-8-20-19(16)13-23(28)25-20/h3-9,17,24,26H,2,10-15H2,1H3,(H,25,28). The molecule has 1 unspecified atom stereocenters. The van der Waals surface area contributed by atoms with E-state index < -0.39 is 6.10 Å². The Hall–Kier alpha value is -2.70. The molecule has 0 bridgehead atoms. The maximum absolute atomic E-state index is 12.8. The van der Waals surface area contributed by atoms with Gasteiger partial charge in [0.2, 0.25) is 5.91 Å². The van der Waals surface area contributed by atoms with E-state index in [4.69, 9.17) is 4.74 Å². The number of nitrogens with one attached hydrogen (secondary N) is 2. The number of carbonyl (C=O) groups is 2. The number of aliphatic hydroxyl groups excluding tert-OH is 1. The van der Waals surface area contributed by atoms with Crippen molar-refractivity contribution in [1.82, 2.24) is 5.32 Å². The van der Waals surface area contributed by atoms with Crippen molar-refractivity contribution in [3.05, 3.63) is 59.2 Å². The summed E-state index contributed by atoms with van der Waals surface area (Å²) in [5.41, 5.74) is 3.36. The third-order valence-electron chi connectivity index (χ3n) is 4.93. The molecule has 1 aliphatic rings. The Kier molecular flexibility index (Phi) is 7.38. The number of ketones is 1. The van der Waals surface area contributed by atoms with Crippen LogP contribution in [0.3, 0.4) is 0 Å². The third-order valence-corrected chi connectivity index (χ3v) is 4.93. The molecule has 0 saturated heterocycles. The summed E-state index contributed by atoms with van der Waals surface area (Å²) in [4.78, 5) is 24.5. The fourth-order valence-corrected chi connectivity index (χ4v) is 3.45. The van der Waals surface area contributed by atoms with Gasteiger partial charge in [0.25, 0.3) is 0 Å². The number of benzene rings is 2. The van der Waals surface area contributed by atoms with Gasteiger partial charge in [-0.2, -0.15) is 0 Å². The smallest absolute Gasteiger partial charge is 0.228 e. The zero-order valence-corrected chi connectivity index (χ0v) is 16.7. The molecule has 3 rings (SSSR count). The maximum atomic E-state index is 12.8. The predicted molar refractivity (Wildman–Crippen MR) is 113 cm³/mol. The van der Waals surface area contributed by atoms with Gasteiger partial charge in [-0.25, -0.2) is 0 Å². The van der Waals surface area contributed by atoms with Gasteiger partial charge in [0.15, 0.2) is 5.78 Å². The van der Waals surface area contributed by atoms with Crippen LogP contribution in [0, 0.1) is 0 Å². The number of para-hydroxylation sites is 1. The summed E-state index contributed by atoms with van der Waals surface area (Å²) in [5, 5.41) is 16.0. The topological polar surface area (TPSA) is 87.7 Å². The molecule has 0 fully saturated rings. The molecule has 1 atom stereocenters. The van der Waals surface area contributed by atoms with E-state index in [0.29, 0.717) is 37.1 Å². The lowest BCUT2D eigenvalue weighted by molar-refractivity contribution is -0.115. The molecule has 6 heteroatoms. The first-order valence-electron chi connectivity index (χ1n) is 10.1. The Morgan fingerprint density at radius 3 is 2.90 bits per heavy atom. The maximum Gasteiger partial charge on any atom is 0.228 e.